The summed E-state index contributed by atoms with van der Waals surface area (Å²) in [4.78, 5) is 23.9. The predicted octanol–water partition coefficient (Wildman–Crippen LogP) is 2.55. The number of aliphatic hydroxyl groups is 1. The Kier molecular flexibility index (Phi) is 3.38. The molecule has 3 saturated carbocycles. The molecule has 5 nitrogen and oxygen atoms in total. The lowest BCUT2D eigenvalue weighted by atomic mass is 9.49. The van der Waals surface area contributed by atoms with Gasteiger partial charge in [0.05, 0.1) is 0 Å². The van der Waals surface area contributed by atoms with E-state index >= 15 is 0 Å². The third-order valence-electron chi connectivity index (χ3n) is 8.46. The van der Waals surface area contributed by atoms with Crippen molar-refractivity contribution in [1.82, 2.24) is 0 Å². The van der Waals surface area contributed by atoms with Crippen LogP contribution in [0.25, 0.3) is 0 Å². The Morgan fingerprint density at radius 1 is 1.27 bits per heavy atom. The Balaban J connectivity index is 1.44. The Morgan fingerprint density at radius 3 is 2.85 bits per heavy atom. The number of fused-ring (bicyclic) bond motifs is 4. The zero-order valence-corrected chi connectivity index (χ0v) is 15.6. The van der Waals surface area contributed by atoms with E-state index < -0.39 is 17.3 Å². The molecule has 0 aromatic heterocycles. The highest BCUT2D eigenvalue weighted by atomic mass is 16.6. The molecular formula is C21H28O5. The summed E-state index contributed by atoms with van der Waals surface area (Å²) in [5, 5.41) is 11.6. The molecule has 1 saturated heterocycles. The lowest BCUT2D eigenvalue weighted by Crippen LogP contribution is -2.62. The van der Waals surface area contributed by atoms with E-state index in [1.54, 1.807) is 6.08 Å². The number of ketones is 1. The lowest BCUT2D eigenvalue weighted by molar-refractivity contribution is -0.169. The lowest BCUT2D eigenvalue weighted by Gasteiger charge is -2.56. The van der Waals surface area contributed by atoms with E-state index in [1.807, 2.05) is 6.92 Å². The van der Waals surface area contributed by atoms with Crippen molar-refractivity contribution in [3.05, 3.63) is 12.2 Å². The first-order chi connectivity index (χ1) is 12.4. The summed E-state index contributed by atoms with van der Waals surface area (Å²) in [6.07, 6.45) is 8.81. The molecule has 1 N–H and O–H groups in total. The molecule has 1 spiro atoms. The molecule has 4 aliphatic carbocycles. The maximum Gasteiger partial charge on any atom is 0.305 e. The minimum atomic E-state index is -1.02. The second-order valence-corrected chi connectivity index (χ2v) is 9.32. The average Bonchev–Trinajstić information content (AvgIpc) is 3.29. The number of epoxide rings is 1. The summed E-state index contributed by atoms with van der Waals surface area (Å²) >= 11 is 0. The van der Waals surface area contributed by atoms with Crippen LogP contribution in [0.2, 0.25) is 0 Å². The van der Waals surface area contributed by atoms with Gasteiger partial charge in [-0.1, -0.05) is 13.8 Å². The van der Waals surface area contributed by atoms with Gasteiger partial charge in [-0.05, 0) is 68.4 Å². The standard InChI is InChI=1S/C21H28O5/c1-3-17(23)25-16-5-4-13-12-6-11-21-18(26-21)15(22)8-10-20(21,24)14(12)7-9-19(13,16)2/h8,10,12-14,16,18,24H,3-7,9,11H2,1-2H3/t12-,13-,14-,16-,18-,19-,20-,21-/m0/s1. The zero-order chi connectivity index (χ0) is 18.3. The van der Waals surface area contributed by atoms with Crippen LogP contribution in [0.4, 0.5) is 0 Å². The highest BCUT2D eigenvalue weighted by Gasteiger charge is 2.77. The first-order valence-electron chi connectivity index (χ1n) is 10.2. The fraction of sp³-hybridized carbons (Fsp3) is 0.810. The number of carbonyl (C=O) groups excluding carboxylic acids is 2. The molecule has 142 valence electrons. The molecular weight excluding hydrogens is 332 g/mol. The van der Waals surface area contributed by atoms with Gasteiger partial charge >= 0.3 is 5.97 Å². The normalized spacial score (nSPS) is 54.0. The smallest absolute Gasteiger partial charge is 0.305 e. The first kappa shape index (κ1) is 16.9. The molecule has 0 aromatic rings. The molecule has 0 amide bonds. The molecule has 1 aliphatic heterocycles. The monoisotopic (exact) mass is 360 g/mol. The van der Waals surface area contributed by atoms with Crippen molar-refractivity contribution in [1.29, 1.82) is 0 Å². The molecule has 0 unspecified atom stereocenters. The number of rotatable bonds is 2. The van der Waals surface area contributed by atoms with Gasteiger partial charge in [0.15, 0.2) is 11.9 Å². The van der Waals surface area contributed by atoms with Gasteiger partial charge in [-0.2, -0.15) is 0 Å². The van der Waals surface area contributed by atoms with Crippen LogP contribution >= 0.6 is 0 Å². The Hall–Kier alpha value is -1.20. The molecule has 4 fully saturated rings. The van der Waals surface area contributed by atoms with E-state index in [-0.39, 0.29) is 29.2 Å². The number of hydrogen-bond donors (Lipinski definition) is 1. The van der Waals surface area contributed by atoms with Crippen LogP contribution in [0, 0.1) is 23.2 Å². The van der Waals surface area contributed by atoms with Crippen LogP contribution in [0.5, 0.6) is 0 Å². The molecule has 0 bridgehead atoms. The maximum atomic E-state index is 12.0. The van der Waals surface area contributed by atoms with Crippen LogP contribution in [0.15, 0.2) is 12.2 Å². The van der Waals surface area contributed by atoms with Crippen molar-refractivity contribution < 1.29 is 24.2 Å². The number of ether oxygens (including phenoxy) is 2. The zero-order valence-electron chi connectivity index (χ0n) is 15.6. The summed E-state index contributed by atoms with van der Waals surface area (Å²) in [7, 11) is 0. The molecule has 0 aromatic carbocycles. The quantitative estimate of drug-likeness (QED) is 0.605. The fourth-order valence-electron chi connectivity index (χ4n) is 7.04. The number of carbonyl (C=O) groups is 2. The van der Waals surface area contributed by atoms with Crippen LogP contribution in [-0.4, -0.2) is 40.3 Å². The topological polar surface area (TPSA) is 76.1 Å². The molecule has 8 atom stereocenters. The fourth-order valence-corrected chi connectivity index (χ4v) is 7.04. The summed E-state index contributed by atoms with van der Waals surface area (Å²) in [6, 6.07) is 0. The van der Waals surface area contributed by atoms with Gasteiger partial charge in [-0.3, -0.25) is 9.59 Å². The maximum absolute atomic E-state index is 12.0. The van der Waals surface area contributed by atoms with Gasteiger partial charge in [0.2, 0.25) is 0 Å². The van der Waals surface area contributed by atoms with E-state index in [4.69, 9.17) is 9.47 Å². The summed E-state index contributed by atoms with van der Waals surface area (Å²) in [6.45, 7) is 4.12. The van der Waals surface area contributed by atoms with E-state index in [2.05, 4.69) is 6.92 Å². The van der Waals surface area contributed by atoms with Crippen molar-refractivity contribution >= 4 is 11.8 Å². The van der Waals surface area contributed by atoms with E-state index in [9.17, 15) is 14.7 Å². The first-order valence-corrected chi connectivity index (χ1v) is 10.2. The van der Waals surface area contributed by atoms with E-state index in [0.29, 0.717) is 18.3 Å². The Morgan fingerprint density at radius 2 is 2.08 bits per heavy atom. The minimum Gasteiger partial charge on any atom is -0.462 e. The van der Waals surface area contributed by atoms with Crippen LogP contribution in [0.3, 0.4) is 0 Å². The van der Waals surface area contributed by atoms with Crippen LogP contribution in [-0.2, 0) is 19.1 Å². The third-order valence-corrected chi connectivity index (χ3v) is 8.46. The van der Waals surface area contributed by atoms with Gasteiger partial charge in [0, 0.05) is 11.8 Å². The van der Waals surface area contributed by atoms with Crippen molar-refractivity contribution in [3.8, 4) is 0 Å². The molecule has 1 heterocycles. The summed E-state index contributed by atoms with van der Waals surface area (Å²) < 4.78 is 11.6. The number of hydrogen-bond acceptors (Lipinski definition) is 5. The van der Waals surface area contributed by atoms with Crippen molar-refractivity contribution in [2.75, 3.05) is 0 Å². The van der Waals surface area contributed by atoms with Gasteiger partial charge in [0.1, 0.15) is 17.3 Å². The van der Waals surface area contributed by atoms with Crippen LogP contribution in [0.1, 0.15) is 58.8 Å². The highest BCUT2D eigenvalue weighted by Crippen LogP contribution is 2.67. The van der Waals surface area contributed by atoms with Gasteiger partial charge in [0.25, 0.3) is 0 Å². The second kappa shape index (κ2) is 5.20. The molecule has 26 heavy (non-hydrogen) atoms. The van der Waals surface area contributed by atoms with Gasteiger partial charge in [-0.15, -0.1) is 0 Å². The van der Waals surface area contributed by atoms with Crippen molar-refractivity contribution in [3.63, 3.8) is 0 Å². The minimum absolute atomic E-state index is 0.000159. The van der Waals surface area contributed by atoms with Crippen LogP contribution < -0.4 is 0 Å². The third kappa shape index (κ3) is 1.89. The SMILES string of the molecule is CCC(=O)O[C@H]1CC[C@H]2[C@@H]3CC[C@]45O[C@H]4C(=O)C=C[C@]5(O)[C@H]3CC[C@]12C. The van der Waals surface area contributed by atoms with Crippen molar-refractivity contribution in [2.24, 2.45) is 23.2 Å². The molecule has 0 radical (unpaired) electrons. The highest BCUT2D eigenvalue weighted by molar-refractivity contribution is 5.98. The predicted molar refractivity (Wildman–Crippen MR) is 93.2 cm³/mol. The summed E-state index contributed by atoms with van der Waals surface area (Å²) in [5.74, 6) is 0.881. The van der Waals surface area contributed by atoms with E-state index in [0.717, 1.165) is 38.5 Å². The van der Waals surface area contributed by atoms with E-state index in [1.165, 1.54) is 6.08 Å². The molecule has 5 aliphatic rings. The second-order valence-electron chi connectivity index (χ2n) is 9.32. The molecule has 5 heteroatoms. The van der Waals surface area contributed by atoms with Crippen molar-refractivity contribution in [2.45, 2.75) is 82.2 Å². The Labute approximate surface area is 154 Å². The van der Waals surface area contributed by atoms with Gasteiger partial charge in [-0.25, -0.2) is 0 Å². The number of esters is 1. The average molecular weight is 360 g/mol. The summed E-state index contributed by atoms with van der Waals surface area (Å²) in [5.41, 5.74) is -1.68. The molecule has 5 rings (SSSR count). The largest absolute Gasteiger partial charge is 0.462 e. The Bertz CT molecular complexity index is 701. The van der Waals surface area contributed by atoms with Gasteiger partial charge < -0.3 is 14.6 Å².